The summed E-state index contributed by atoms with van der Waals surface area (Å²) in [6.45, 7) is 4.43. The highest BCUT2D eigenvalue weighted by molar-refractivity contribution is 5.88. The Bertz CT molecular complexity index is 503. The fourth-order valence-corrected chi connectivity index (χ4v) is 6.97. The third-order valence-corrected chi connectivity index (χ3v) is 8.54. The molecule has 0 aromatic carbocycles. The van der Waals surface area contributed by atoms with Crippen molar-refractivity contribution in [1.82, 2.24) is 0 Å². The van der Waals surface area contributed by atoms with Crippen LogP contribution >= 0.6 is 0 Å². The Morgan fingerprint density at radius 1 is 1.00 bits per heavy atom. The van der Waals surface area contributed by atoms with Crippen LogP contribution in [0.4, 0.5) is 0 Å². The molecule has 0 aliphatic heterocycles. The van der Waals surface area contributed by atoms with Crippen LogP contribution in [0.1, 0.15) is 71.6 Å². The summed E-state index contributed by atoms with van der Waals surface area (Å²) >= 11 is 0. The lowest BCUT2D eigenvalue weighted by Gasteiger charge is -2.62. The van der Waals surface area contributed by atoms with Crippen molar-refractivity contribution in [3.8, 4) is 0 Å². The van der Waals surface area contributed by atoms with Crippen LogP contribution in [0, 0.1) is 28.6 Å². The molecule has 0 bridgehead atoms. The summed E-state index contributed by atoms with van der Waals surface area (Å²) in [5, 5.41) is 21.6. The first-order valence-electron chi connectivity index (χ1n) is 9.25. The van der Waals surface area contributed by atoms with Crippen molar-refractivity contribution in [1.29, 1.82) is 0 Å². The van der Waals surface area contributed by atoms with Crippen LogP contribution < -0.4 is 0 Å². The van der Waals surface area contributed by atoms with E-state index in [0.717, 1.165) is 44.9 Å². The first kappa shape index (κ1) is 15.1. The monoisotopic (exact) mass is 306 g/mol. The normalized spacial score (nSPS) is 57.9. The number of carbonyl (C=O) groups is 1. The molecule has 4 rings (SSSR count). The minimum absolute atomic E-state index is 0.125. The smallest absolute Gasteiger partial charge is 0.141 e. The molecule has 4 aliphatic carbocycles. The second-order valence-electron chi connectivity index (χ2n) is 9.14. The van der Waals surface area contributed by atoms with Gasteiger partial charge in [-0.1, -0.05) is 6.92 Å². The van der Waals surface area contributed by atoms with Gasteiger partial charge in [-0.05, 0) is 81.5 Å². The molecule has 0 heterocycles. The van der Waals surface area contributed by atoms with Gasteiger partial charge < -0.3 is 10.2 Å². The van der Waals surface area contributed by atoms with E-state index >= 15 is 0 Å². The fraction of sp³-hybridized carbons (Fsp3) is 0.947. The second kappa shape index (κ2) is 4.57. The first-order valence-corrected chi connectivity index (χ1v) is 9.25. The third-order valence-electron chi connectivity index (χ3n) is 8.54. The van der Waals surface area contributed by atoms with Crippen LogP contribution in [0.25, 0.3) is 0 Å². The summed E-state index contributed by atoms with van der Waals surface area (Å²) < 4.78 is 0. The van der Waals surface area contributed by atoms with Crippen LogP contribution in [-0.2, 0) is 4.79 Å². The van der Waals surface area contributed by atoms with E-state index < -0.39 is 11.0 Å². The summed E-state index contributed by atoms with van der Waals surface area (Å²) in [7, 11) is 0. The predicted octanol–water partition coefficient (Wildman–Crippen LogP) is 3.07. The molecule has 22 heavy (non-hydrogen) atoms. The molecule has 0 spiro atoms. The maximum Gasteiger partial charge on any atom is 0.141 e. The van der Waals surface area contributed by atoms with Gasteiger partial charge in [-0.25, -0.2) is 0 Å². The van der Waals surface area contributed by atoms with E-state index in [2.05, 4.69) is 6.92 Å². The number of Topliss-reactive ketones (excluding diaryl/α,β-unsaturated/α-hetero) is 1. The van der Waals surface area contributed by atoms with Crippen LogP contribution in [-0.4, -0.2) is 27.7 Å². The standard InChI is InChI=1S/C19H30O3/c1-17-8-5-13(20)11-12(17)3-4-15-14(17)6-9-18(2)16(21)7-10-19(15,18)22/h12-15,20,22H,3-11H2,1-2H3/t12-,13-,14-,15+,17-,18+,19+/m0/s1. The summed E-state index contributed by atoms with van der Waals surface area (Å²) in [5.74, 6) is 1.71. The van der Waals surface area contributed by atoms with Crippen molar-refractivity contribution >= 4 is 5.78 Å². The number of fused-ring (bicyclic) bond motifs is 5. The number of hydrogen-bond acceptors (Lipinski definition) is 3. The van der Waals surface area contributed by atoms with Gasteiger partial charge in [0.25, 0.3) is 0 Å². The Hall–Kier alpha value is -0.410. The Kier molecular flexibility index (Phi) is 3.14. The average Bonchev–Trinajstić information content (AvgIpc) is 2.72. The van der Waals surface area contributed by atoms with Gasteiger partial charge >= 0.3 is 0 Å². The summed E-state index contributed by atoms with van der Waals surface area (Å²) in [5.41, 5.74) is -1.01. The minimum atomic E-state index is -0.767. The van der Waals surface area contributed by atoms with Crippen LogP contribution in [0.5, 0.6) is 0 Å². The number of aliphatic hydroxyl groups is 2. The molecule has 4 saturated carbocycles. The van der Waals surface area contributed by atoms with Gasteiger partial charge in [-0.3, -0.25) is 4.79 Å². The molecule has 0 radical (unpaired) electrons. The quantitative estimate of drug-likeness (QED) is 0.723. The lowest BCUT2D eigenvalue weighted by atomic mass is 9.44. The molecule has 0 aromatic rings. The third kappa shape index (κ3) is 1.67. The Morgan fingerprint density at radius 3 is 2.55 bits per heavy atom. The van der Waals surface area contributed by atoms with E-state index in [4.69, 9.17) is 0 Å². The zero-order valence-electron chi connectivity index (χ0n) is 14.0. The number of hydrogen-bond donors (Lipinski definition) is 2. The topological polar surface area (TPSA) is 57.5 Å². The summed E-state index contributed by atoms with van der Waals surface area (Å²) in [6, 6.07) is 0. The number of aliphatic hydroxyl groups excluding tert-OH is 1. The number of rotatable bonds is 0. The fourth-order valence-electron chi connectivity index (χ4n) is 6.97. The van der Waals surface area contributed by atoms with Gasteiger partial charge in [0.05, 0.1) is 17.1 Å². The zero-order valence-corrected chi connectivity index (χ0v) is 14.0. The predicted molar refractivity (Wildman–Crippen MR) is 84.2 cm³/mol. The molecule has 0 aromatic heterocycles. The molecular weight excluding hydrogens is 276 g/mol. The lowest BCUT2D eigenvalue weighted by molar-refractivity contribution is -0.202. The van der Waals surface area contributed by atoms with Crippen molar-refractivity contribution < 1.29 is 15.0 Å². The minimum Gasteiger partial charge on any atom is -0.393 e. The van der Waals surface area contributed by atoms with Crippen molar-refractivity contribution in [3.05, 3.63) is 0 Å². The van der Waals surface area contributed by atoms with E-state index in [1.807, 2.05) is 6.92 Å². The van der Waals surface area contributed by atoms with E-state index in [1.165, 1.54) is 0 Å². The highest BCUT2D eigenvalue weighted by atomic mass is 16.3. The van der Waals surface area contributed by atoms with E-state index in [0.29, 0.717) is 30.5 Å². The zero-order chi connectivity index (χ0) is 15.8. The van der Waals surface area contributed by atoms with E-state index in [9.17, 15) is 15.0 Å². The highest BCUT2D eigenvalue weighted by Crippen LogP contribution is 2.66. The molecule has 3 nitrogen and oxygen atoms in total. The maximum atomic E-state index is 12.4. The van der Waals surface area contributed by atoms with Gasteiger partial charge in [0.2, 0.25) is 0 Å². The summed E-state index contributed by atoms with van der Waals surface area (Å²) in [4.78, 5) is 12.4. The first-order chi connectivity index (χ1) is 10.3. The Morgan fingerprint density at radius 2 is 1.77 bits per heavy atom. The average molecular weight is 306 g/mol. The number of carbonyl (C=O) groups excluding carboxylic acids is 1. The largest absolute Gasteiger partial charge is 0.393 e. The molecule has 2 N–H and O–H groups in total. The molecule has 124 valence electrons. The van der Waals surface area contributed by atoms with Gasteiger partial charge in [0.1, 0.15) is 5.78 Å². The Labute approximate surface area is 133 Å². The molecule has 4 aliphatic rings. The van der Waals surface area contributed by atoms with Gasteiger partial charge in [-0.2, -0.15) is 0 Å². The van der Waals surface area contributed by atoms with Gasteiger partial charge in [0, 0.05) is 6.42 Å². The van der Waals surface area contributed by atoms with E-state index in [1.54, 1.807) is 0 Å². The van der Waals surface area contributed by atoms with Crippen LogP contribution in [0.3, 0.4) is 0 Å². The van der Waals surface area contributed by atoms with Crippen molar-refractivity contribution in [3.63, 3.8) is 0 Å². The molecule has 0 unspecified atom stereocenters. The molecule has 3 heteroatoms. The molecule has 0 saturated heterocycles. The SMILES string of the molecule is C[C@]12CC[C@H](O)C[C@@H]1CC[C@@H]1[C@@H]2CC[C@]2(C)C(=O)CC[C@@]12O. The van der Waals surface area contributed by atoms with Crippen LogP contribution in [0.2, 0.25) is 0 Å². The number of ketones is 1. The Balaban J connectivity index is 1.69. The van der Waals surface area contributed by atoms with E-state index in [-0.39, 0.29) is 17.4 Å². The van der Waals surface area contributed by atoms with Gasteiger partial charge in [0.15, 0.2) is 0 Å². The molecule has 7 atom stereocenters. The second-order valence-corrected chi connectivity index (χ2v) is 9.14. The van der Waals surface area contributed by atoms with Gasteiger partial charge in [-0.15, -0.1) is 0 Å². The molecular formula is C19H30O3. The summed E-state index contributed by atoms with van der Waals surface area (Å²) in [6.07, 6.45) is 8.13. The molecule has 4 fully saturated rings. The molecule has 0 amide bonds. The van der Waals surface area contributed by atoms with Crippen molar-refractivity contribution in [2.75, 3.05) is 0 Å². The van der Waals surface area contributed by atoms with Crippen molar-refractivity contribution in [2.45, 2.75) is 83.3 Å². The maximum absolute atomic E-state index is 12.4. The van der Waals surface area contributed by atoms with Crippen LogP contribution in [0.15, 0.2) is 0 Å². The lowest BCUT2D eigenvalue weighted by Crippen LogP contribution is -2.62. The van der Waals surface area contributed by atoms with Crippen molar-refractivity contribution in [2.24, 2.45) is 28.6 Å². The highest BCUT2D eigenvalue weighted by Gasteiger charge is 2.67.